The summed E-state index contributed by atoms with van der Waals surface area (Å²) >= 11 is 0. The predicted molar refractivity (Wildman–Crippen MR) is 98.4 cm³/mol. The molecule has 3 fully saturated rings. The summed E-state index contributed by atoms with van der Waals surface area (Å²) in [4.78, 5) is 33.7. The van der Waals surface area contributed by atoms with E-state index >= 15 is 0 Å². The van der Waals surface area contributed by atoms with Crippen LogP contribution in [0.2, 0.25) is 0 Å². The molecule has 3 aliphatic rings. The number of likely N-dealkylation sites (tertiary alicyclic amines) is 2. The van der Waals surface area contributed by atoms with Crippen molar-refractivity contribution in [3.05, 3.63) is 18.2 Å². The molecule has 1 aromatic heterocycles. The lowest BCUT2D eigenvalue weighted by molar-refractivity contribution is -0.143. The van der Waals surface area contributed by atoms with Gasteiger partial charge in [0, 0.05) is 56.8 Å². The zero-order chi connectivity index (χ0) is 18.1. The zero-order valence-corrected chi connectivity index (χ0v) is 15.8. The van der Waals surface area contributed by atoms with Gasteiger partial charge in [-0.15, -0.1) is 0 Å². The highest BCUT2D eigenvalue weighted by Crippen LogP contribution is 2.40. The molecule has 142 valence electrons. The lowest BCUT2D eigenvalue weighted by atomic mass is 9.73. The van der Waals surface area contributed by atoms with Crippen molar-refractivity contribution < 1.29 is 9.59 Å². The van der Waals surface area contributed by atoms with Crippen LogP contribution in [0.5, 0.6) is 0 Å². The molecule has 2 saturated heterocycles. The highest BCUT2D eigenvalue weighted by molar-refractivity contribution is 5.78. The number of rotatable bonds is 5. The molecule has 0 N–H and O–H groups in total. The first-order valence-electron chi connectivity index (χ1n) is 10.1. The molecular weight excluding hydrogens is 328 g/mol. The maximum absolute atomic E-state index is 12.9. The number of hydrogen-bond acceptors (Lipinski definition) is 3. The van der Waals surface area contributed by atoms with Gasteiger partial charge in [-0.1, -0.05) is 6.92 Å². The average molecular weight is 358 g/mol. The van der Waals surface area contributed by atoms with E-state index in [1.54, 1.807) is 6.20 Å². The first-order valence-corrected chi connectivity index (χ1v) is 10.1. The lowest BCUT2D eigenvalue weighted by Crippen LogP contribution is -2.55. The third-order valence-electron chi connectivity index (χ3n) is 6.36. The van der Waals surface area contributed by atoms with E-state index in [-0.39, 0.29) is 11.3 Å². The van der Waals surface area contributed by atoms with E-state index in [1.165, 1.54) is 12.8 Å². The summed E-state index contributed by atoms with van der Waals surface area (Å²) in [6.45, 7) is 5.86. The summed E-state index contributed by atoms with van der Waals surface area (Å²) < 4.78 is 1.97. The van der Waals surface area contributed by atoms with E-state index in [9.17, 15) is 9.59 Å². The molecular formula is C20H30N4O2. The van der Waals surface area contributed by atoms with E-state index in [0.29, 0.717) is 18.9 Å². The summed E-state index contributed by atoms with van der Waals surface area (Å²) in [7, 11) is 0. The van der Waals surface area contributed by atoms with E-state index in [0.717, 1.165) is 63.6 Å². The van der Waals surface area contributed by atoms with Crippen molar-refractivity contribution in [3.8, 4) is 0 Å². The van der Waals surface area contributed by atoms with Crippen molar-refractivity contribution in [1.29, 1.82) is 0 Å². The molecule has 0 bridgehead atoms. The topological polar surface area (TPSA) is 58.4 Å². The molecule has 0 unspecified atom stereocenters. The van der Waals surface area contributed by atoms with Crippen LogP contribution in [0.4, 0.5) is 0 Å². The smallest absolute Gasteiger partial charge is 0.242 e. The molecule has 1 atom stereocenters. The first-order chi connectivity index (χ1) is 12.6. The SMILES string of the molecule is CCc1nccn1CC(=O)N1CCC[C@]2(CCC(=O)N(CC3CC3)C2)C1. The minimum atomic E-state index is 0.110. The standard InChI is InChI=1S/C20H30N4O2/c1-2-17-21-9-11-22(17)13-19(26)23-10-3-7-20(14-23)8-6-18(25)24(15-20)12-16-4-5-16/h9,11,16H,2-8,10,12-15H2,1H3/t20-/m0/s1. The van der Waals surface area contributed by atoms with Crippen molar-refractivity contribution in [2.75, 3.05) is 26.2 Å². The summed E-state index contributed by atoms with van der Waals surface area (Å²) in [5.74, 6) is 2.19. The number of piperidine rings is 2. The van der Waals surface area contributed by atoms with Gasteiger partial charge in [-0.3, -0.25) is 9.59 Å². The fourth-order valence-corrected chi connectivity index (χ4v) is 4.68. The molecule has 0 radical (unpaired) electrons. The number of aromatic nitrogens is 2. The number of amides is 2. The Kier molecular flexibility index (Phi) is 4.76. The maximum atomic E-state index is 12.9. The van der Waals surface area contributed by atoms with Crippen molar-refractivity contribution in [2.24, 2.45) is 11.3 Å². The van der Waals surface area contributed by atoms with Crippen LogP contribution in [0.1, 0.15) is 51.3 Å². The largest absolute Gasteiger partial charge is 0.342 e. The van der Waals surface area contributed by atoms with Gasteiger partial charge in [0.25, 0.3) is 0 Å². The van der Waals surface area contributed by atoms with Crippen LogP contribution in [0.3, 0.4) is 0 Å². The van der Waals surface area contributed by atoms with Crippen molar-refractivity contribution in [3.63, 3.8) is 0 Å². The molecule has 3 heterocycles. The summed E-state index contributed by atoms with van der Waals surface area (Å²) in [5.41, 5.74) is 0.110. The number of hydrogen-bond donors (Lipinski definition) is 0. The van der Waals surface area contributed by atoms with Gasteiger partial charge in [0.1, 0.15) is 12.4 Å². The van der Waals surface area contributed by atoms with Gasteiger partial charge in [-0.05, 0) is 38.0 Å². The molecule has 6 nitrogen and oxygen atoms in total. The second kappa shape index (κ2) is 7.05. The Morgan fingerprint density at radius 1 is 1.31 bits per heavy atom. The van der Waals surface area contributed by atoms with Crippen LogP contribution in [0.15, 0.2) is 12.4 Å². The monoisotopic (exact) mass is 358 g/mol. The summed E-state index contributed by atoms with van der Waals surface area (Å²) in [6.07, 6.45) is 10.8. The minimum Gasteiger partial charge on any atom is -0.342 e. The normalized spacial score (nSPS) is 26.6. The van der Waals surface area contributed by atoms with Crippen LogP contribution in [0, 0.1) is 11.3 Å². The lowest BCUT2D eigenvalue weighted by Gasteiger charge is -2.48. The number of aryl methyl sites for hydroxylation is 1. The Balaban J connectivity index is 1.41. The predicted octanol–water partition coefficient (Wildman–Crippen LogP) is 2.09. The van der Waals surface area contributed by atoms with E-state index in [1.807, 2.05) is 15.7 Å². The summed E-state index contributed by atoms with van der Waals surface area (Å²) in [6, 6.07) is 0. The minimum absolute atomic E-state index is 0.110. The molecule has 1 spiro atoms. The van der Waals surface area contributed by atoms with Crippen LogP contribution >= 0.6 is 0 Å². The fourth-order valence-electron chi connectivity index (χ4n) is 4.68. The molecule has 6 heteroatoms. The Morgan fingerprint density at radius 3 is 2.92 bits per heavy atom. The molecule has 1 aromatic rings. The Morgan fingerprint density at radius 2 is 2.15 bits per heavy atom. The van der Waals surface area contributed by atoms with E-state index in [4.69, 9.17) is 0 Å². The molecule has 1 saturated carbocycles. The van der Waals surface area contributed by atoms with Crippen LogP contribution in [-0.4, -0.2) is 57.3 Å². The van der Waals surface area contributed by atoms with Gasteiger partial charge in [-0.25, -0.2) is 4.98 Å². The maximum Gasteiger partial charge on any atom is 0.242 e. The van der Waals surface area contributed by atoms with Crippen molar-refractivity contribution >= 4 is 11.8 Å². The second-order valence-corrected chi connectivity index (χ2v) is 8.46. The average Bonchev–Trinajstić information content (AvgIpc) is 3.34. The van der Waals surface area contributed by atoms with Crippen LogP contribution in [0.25, 0.3) is 0 Å². The quantitative estimate of drug-likeness (QED) is 0.810. The zero-order valence-electron chi connectivity index (χ0n) is 15.8. The van der Waals surface area contributed by atoms with Gasteiger partial charge in [0.05, 0.1) is 0 Å². The second-order valence-electron chi connectivity index (χ2n) is 8.46. The third-order valence-corrected chi connectivity index (χ3v) is 6.36. The fraction of sp³-hybridized carbons (Fsp3) is 0.750. The van der Waals surface area contributed by atoms with Gasteiger partial charge in [0.2, 0.25) is 11.8 Å². The molecule has 26 heavy (non-hydrogen) atoms. The van der Waals surface area contributed by atoms with Crippen LogP contribution < -0.4 is 0 Å². The van der Waals surface area contributed by atoms with E-state index in [2.05, 4.69) is 16.8 Å². The Bertz CT molecular complexity index is 681. The molecule has 1 aliphatic carbocycles. The Labute approximate surface area is 155 Å². The molecule has 2 amide bonds. The van der Waals surface area contributed by atoms with Gasteiger partial charge in [0.15, 0.2) is 0 Å². The number of imidazole rings is 1. The highest BCUT2D eigenvalue weighted by atomic mass is 16.2. The van der Waals surface area contributed by atoms with Gasteiger partial charge >= 0.3 is 0 Å². The van der Waals surface area contributed by atoms with E-state index < -0.39 is 0 Å². The molecule has 2 aliphatic heterocycles. The van der Waals surface area contributed by atoms with Gasteiger partial charge < -0.3 is 14.4 Å². The first kappa shape index (κ1) is 17.6. The van der Waals surface area contributed by atoms with Crippen molar-refractivity contribution in [2.45, 2.75) is 58.4 Å². The molecule has 0 aromatic carbocycles. The van der Waals surface area contributed by atoms with Crippen LogP contribution in [-0.2, 0) is 22.6 Å². The third kappa shape index (κ3) is 3.64. The van der Waals surface area contributed by atoms with Gasteiger partial charge in [-0.2, -0.15) is 0 Å². The Hall–Kier alpha value is -1.85. The van der Waals surface area contributed by atoms with Crippen molar-refractivity contribution in [1.82, 2.24) is 19.4 Å². The number of carbonyl (C=O) groups excluding carboxylic acids is 2. The molecule has 4 rings (SSSR count). The highest BCUT2D eigenvalue weighted by Gasteiger charge is 2.43. The number of nitrogens with zero attached hydrogens (tertiary/aromatic N) is 4. The number of carbonyl (C=O) groups is 2. The summed E-state index contributed by atoms with van der Waals surface area (Å²) in [5, 5.41) is 0.